The molecule has 0 aromatic carbocycles. The van der Waals surface area contributed by atoms with E-state index >= 15 is 0 Å². The van der Waals surface area contributed by atoms with Crippen molar-refractivity contribution in [3.05, 3.63) is 23.9 Å². The number of hydrogen-bond donors (Lipinski definition) is 3. The van der Waals surface area contributed by atoms with Crippen LogP contribution in [0.15, 0.2) is 23.3 Å². The van der Waals surface area contributed by atoms with Crippen molar-refractivity contribution < 1.29 is 27.4 Å². The van der Waals surface area contributed by atoms with Crippen LogP contribution in [-0.2, 0) is 11.3 Å². The molecule has 3 N–H and O–H groups in total. The first-order valence-corrected chi connectivity index (χ1v) is 9.12. The fraction of sp³-hybridized carbons (Fsp3) is 0.611. The average Bonchev–Trinajstić information content (AvgIpc) is 2.60. The lowest BCUT2D eigenvalue weighted by molar-refractivity contribution is -0.154. The number of amides is 1. The van der Waals surface area contributed by atoms with E-state index in [1.807, 2.05) is 6.92 Å². The normalized spacial score (nSPS) is 12.3. The van der Waals surface area contributed by atoms with Gasteiger partial charge in [-0.25, -0.2) is 14.8 Å². The van der Waals surface area contributed by atoms with Crippen LogP contribution < -0.4 is 20.7 Å². The van der Waals surface area contributed by atoms with Crippen LogP contribution in [0.2, 0.25) is 0 Å². The molecule has 1 rings (SSSR count). The molecule has 0 unspecified atom stereocenters. The minimum atomic E-state index is -4.45. The molecule has 0 fully saturated rings. The van der Waals surface area contributed by atoms with Gasteiger partial charge in [-0.3, -0.25) is 0 Å². The molecule has 164 valence electrons. The van der Waals surface area contributed by atoms with E-state index in [1.54, 1.807) is 32.9 Å². The zero-order valence-electron chi connectivity index (χ0n) is 17.0. The summed E-state index contributed by atoms with van der Waals surface area (Å²) in [4.78, 5) is 19.8. The van der Waals surface area contributed by atoms with Crippen molar-refractivity contribution in [1.82, 2.24) is 20.9 Å². The minimum Gasteiger partial charge on any atom is -0.468 e. The molecule has 0 bridgehead atoms. The Bertz CT molecular complexity index is 675. The third-order valence-corrected chi connectivity index (χ3v) is 3.06. The van der Waals surface area contributed by atoms with Gasteiger partial charge in [0, 0.05) is 31.4 Å². The highest BCUT2D eigenvalue weighted by molar-refractivity contribution is 5.79. The lowest BCUT2D eigenvalue weighted by Gasteiger charge is -2.20. The molecule has 1 aromatic rings. The van der Waals surface area contributed by atoms with Crippen molar-refractivity contribution >= 4 is 12.1 Å². The largest absolute Gasteiger partial charge is 0.468 e. The Hall–Kier alpha value is -2.72. The minimum absolute atomic E-state index is 0.0653. The summed E-state index contributed by atoms with van der Waals surface area (Å²) in [7, 11) is 0. The van der Waals surface area contributed by atoms with Crippen LogP contribution in [0.1, 0.15) is 33.3 Å². The van der Waals surface area contributed by atoms with Crippen molar-refractivity contribution in [2.24, 2.45) is 4.99 Å². The molecule has 29 heavy (non-hydrogen) atoms. The van der Waals surface area contributed by atoms with Crippen LogP contribution in [0.4, 0.5) is 18.0 Å². The standard InChI is InChI=1S/C18H28F3N5O3/c1-5-22-15(24-9-10-25-16(27)29-17(2,3)4)26-11-13-7-6-8-23-14(13)28-12-18(19,20)21/h6-8H,5,9-12H2,1-4H3,(H,25,27)(H2,22,24,26). The second-order valence-corrected chi connectivity index (χ2v) is 6.92. The molecule has 0 aliphatic heterocycles. The number of alkyl halides is 3. The molecule has 0 atom stereocenters. The second-order valence-electron chi connectivity index (χ2n) is 6.92. The molecule has 0 aliphatic carbocycles. The Morgan fingerprint density at radius 2 is 1.86 bits per heavy atom. The van der Waals surface area contributed by atoms with Crippen LogP contribution >= 0.6 is 0 Å². The number of nitrogens with zero attached hydrogens (tertiary/aromatic N) is 2. The molecule has 8 nitrogen and oxygen atoms in total. The van der Waals surface area contributed by atoms with Crippen LogP contribution in [0.25, 0.3) is 0 Å². The summed E-state index contributed by atoms with van der Waals surface area (Å²) >= 11 is 0. The first-order valence-electron chi connectivity index (χ1n) is 9.12. The van der Waals surface area contributed by atoms with E-state index in [2.05, 4.69) is 25.9 Å². The summed E-state index contributed by atoms with van der Waals surface area (Å²) in [6.45, 7) is 7.07. The number of ether oxygens (including phenoxy) is 2. The monoisotopic (exact) mass is 419 g/mol. The summed E-state index contributed by atoms with van der Waals surface area (Å²) in [5, 5.41) is 8.63. The van der Waals surface area contributed by atoms with Crippen molar-refractivity contribution in [1.29, 1.82) is 0 Å². The molecule has 1 heterocycles. The topological polar surface area (TPSA) is 96.9 Å². The zero-order chi connectivity index (χ0) is 21.9. The third kappa shape index (κ3) is 11.7. The number of halogens is 3. The summed E-state index contributed by atoms with van der Waals surface area (Å²) in [5.41, 5.74) is -0.162. The van der Waals surface area contributed by atoms with Crippen LogP contribution in [0.3, 0.4) is 0 Å². The molecule has 1 amide bonds. The first-order chi connectivity index (χ1) is 13.5. The van der Waals surface area contributed by atoms with E-state index in [0.717, 1.165) is 0 Å². The van der Waals surface area contributed by atoms with E-state index in [-0.39, 0.29) is 12.4 Å². The Morgan fingerprint density at radius 1 is 1.17 bits per heavy atom. The Balaban J connectivity index is 2.59. The number of carbonyl (C=O) groups is 1. The highest BCUT2D eigenvalue weighted by atomic mass is 19.4. The van der Waals surface area contributed by atoms with Crippen LogP contribution in [0, 0.1) is 0 Å². The number of alkyl carbamates (subject to hydrolysis) is 1. The SMILES string of the molecule is CCNC(=NCc1cccnc1OCC(F)(F)F)NCCNC(=O)OC(C)(C)C. The van der Waals surface area contributed by atoms with Gasteiger partial charge < -0.3 is 25.4 Å². The third-order valence-electron chi connectivity index (χ3n) is 3.06. The predicted molar refractivity (Wildman–Crippen MR) is 103 cm³/mol. The smallest absolute Gasteiger partial charge is 0.422 e. The number of aliphatic imine (C=N–C) groups is 1. The summed E-state index contributed by atoms with van der Waals surface area (Å²) < 4.78 is 47.0. The van der Waals surface area contributed by atoms with Crippen LogP contribution in [-0.4, -0.2) is 55.1 Å². The van der Waals surface area contributed by atoms with Gasteiger partial charge in [0.05, 0.1) is 6.54 Å². The van der Waals surface area contributed by atoms with Gasteiger partial charge in [-0.05, 0) is 33.8 Å². The summed E-state index contributed by atoms with van der Waals surface area (Å²) in [6, 6.07) is 3.19. The van der Waals surface area contributed by atoms with Gasteiger partial charge in [0.25, 0.3) is 0 Å². The van der Waals surface area contributed by atoms with Crippen molar-refractivity contribution in [2.45, 2.75) is 46.0 Å². The number of hydrogen-bond acceptors (Lipinski definition) is 5. The molecule has 0 aliphatic rings. The molecular weight excluding hydrogens is 391 g/mol. The van der Waals surface area contributed by atoms with Gasteiger partial charge in [0.1, 0.15) is 5.60 Å². The maximum atomic E-state index is 12.4. The Labute approximate surface area is 168 Å². The van der Waals surface area contributed by atoms with Gasteiger partial charge in [-0.15, -0.1) is 0 Å². The number of nitrogens with one attached hydrogen (secondary N) is 3. The number of pyridine rings is 1. The van der Waals surface area contributed by atoms with Crippen LogP contribution in [0.5, 0.6) is 5.88 Å². The van der Waals surface area contributed by atoms with Crippen molar-refractivity contribution in [2.75, 3.05) is 26.2 Å². The molecule has 1 aromatic heterocycles. The van der Waals surface area contributed by atoms with E-state index < -0.39 is 24.5 Å². The van der Waals surface area contributed by atoms with Gasteiger partial charge in [0.2, 0.25) is 5.88 Å². The Morgan fingerprint density at radius 3 is 2.48 bits per heavy atom. The highest BCUT2D eigenvalue weighted by Crippen LogP contribution is 2.20. The number of aromatic nitrogens is 1. The summed E-state index contributed by atoms with van der Waals surface area (Å²) in [5.74, 6) is 0.320. The molecule has 0 saturated heterocycles. The average molecular weight is 419 g/mol. The molecule has 0 radical (unpaired) electrons. The zero-order valence-corrected chi connectivity index (χ0v) is 17.0. The molecular formula is C18H28F3N5O3. The maximum absolute atomic E-state index is 12.4. The lowest BCUT2D eigenvalue weighted by Crippen LogP contribution is -2.42. The Kier molecular flexibility index (Phi) is 9.49. The van der Waals surface area contributed by atoms with E-state index in [9.17, 15) is 18.0 Å². The molecule has 0 spiro atoms. The fourth-order valence-corrected chi connectivity index (χ4v) is 1.99. The number of guanidine groups is 1. The van der Waals surface area contributed by atoms with E-state index in [4.69, 9.17) is 9.47 Å². The van der Waals surface area contributed by atoms with Gasteiger partial charge in [-0.1, -0.05) is 6.07 Å². The van der Waals surface area contributed by atoms with Crippen molar-refractivity contribution in [3.63, 3.8) is 0 Å². The second kappa shape index (κ2) is 11.3. The van der Waals surface area contributed by atoms with Gasteiger partial charge in [-0.2, -0.15) is 13.2 Å². The predicted octanol–water partition coefficient (Wildman–Crippen LogP) is 2.60. The van der Waals surface area contributed by atoms with Gasteiger partial charge >= 0.3 is 12.3 Å². The molecule has 0 saturated carbocycles. The number of carbonyl (C=O) groups excluding carboxylic acids is 1. The number of rotatable bonds is 8. The first kappa shape index (κ1) is 24.3. The van der Waals surface area contributed by atoms with E-state index in [0.29, 0.717) is 31.2 Å². The van der Waals surface area contributed by atoms with E-state index in [1.165, 1.54) is 6.20 Å². The highest BCUT2D eigenvalue weighted by Gasteiger charge is 2.29. The quantitative estimate of drug-likeness (QED) is 0.341. The summed E-state index contributed by atoms with van der Waals surface area (Å²) in [6.07, 6.45) is -3.62. The van der Waals surface area contributed by atoms with Gasteiger partial charge in [0.15, 0.2) is 12.6 Å². The maximum Gasteiger partial charge on any atom is 0.422 e. The molecule has 11 heteroatoms. The lowest BCUT2D eigenvalue weighted by atomic mass is 10.2. The fourth-order valence-electron chi connectivity index (χ4n) is 1.99. The van der Waals surface area contributed by atoms with Crippen molar-refractivity contribution in [3.8, 4) is 5.88 Å².